The fraction of sp³-hybridized carbons (Fsp3) is 0.400. The zero-order valence-electron chi connectivity index (χ0n) is 8.79. The molecule has 0 aliphatic heterocycles. The quantitative estimate of drug-likeness (QED) is 0.783. The maximum Gasteiger partial charge on any atom is 0.290 e. The molecule has 0 radical (unpaired) electrons. The van der Waals surface area contributed by atoms with Crippen LogP contribution in [-0.4, -0.2) is 16.3 Å². The molecule has 0 aliphatic rings. The zero-order valence-corrected chi connectivity index (χ0v) is 8.79. The molecule has 4 nitrogen and oxygen atoms in total. The molecule has 0 saturated carbocycles. The molecule has 1 rings (SSSR count). The van der Waals surface area contributed by atoms with Gasteiger partial charge in [-0.25, -0.2) is 4.68 Å². The molecule has 1 aromatic heterocycles. The molecule has 0 aliphatic carbocycles. The molecule has 0 bridgehead atoms. The van der Waals surface area contributed by atoms with Gasteiger partial charge < -0.3 is 5.32 Å². The van der Waals surface area contributed by atoms with Crippen molar-refractivity contribution >= 4 is 11.8 Å². The van der Waals surface area contributed by atoms with E-state index < -0.39 is 0 Å². The van der Waals surface area contributed by atoms with Crippen LogP contribution in [0.1, 0.15) is 18.2 Å². The smallest absolute Gasteiger partial charge is 0.290 e. The maximum absolute atomic E-state index is 11.7. The summed E-state index contributed by atoms with van der Waals surface area (Å²) in [6, 6.07) is 0. The maximum atomic E-state index is 11.7. The summed E-state index contributed by atoms with van der Waals surface area (Å²) in [6.45, 7) is 8.19. The Morgan fingerprint density at radius 3 is 2.79 bits per heavy atom. The molecular weight excluding hydrogens is 178 g/mol. The number of nitrogens with one attached hydrogen (secondary N) is 1. The average molecular weight is 193 g/mol. The normalized spacial score (nSPS) is 9.93. The third kappa shape index (κ3) is 1.69. The highest BCUT2D eigenvalue weighted by Crippen LogP contribution is 2.13. The van der Waals surface area contributed by atoms with Crippen molar-refractivity contribution in [3.8, 4) is 0 Å². The predicted molar refractivity (Wildman–Crippen MR) is 58.5 cm³/mol. The standard InChI is InChI=1S/C10H15N3O/c1-5-8-7(3)12-13(4)10(14)9(8)11-6-2/h5,11H,1,6H2,2-4H3. The molecule has 1 heterocycles. The molecular formula is C10H15N3O. The van der Waals surface area contributed by atoms with Gasteiger partial charge in [-0.3, -0.25) is 4.79 Å². The number of aromatic nitrogens is 2. The lowest BCUT2D eigenvalue weighted by molar-refractivity contribution is 0.693. The van der Waals surface area contributed by atoms with Crippen LogP contribution >= 0.6 is 0 Å². The monoisotopic (exact) mass is 193 g/mol. The summed E-state index contributed by atoms with van der Waals surface area (Å²) >= 11 is 0. The first-order chi connectivity index (χ1) is 6.61. The number of hydrogen-bond donors (Lipinski definition) is 1. The van der Waals surface area contributed by atoms with Crippen molar-refractivity contribution in [3.63, 3.8) is 0 Å². The highest BCUT2D eigenvalue weighted by molar-refractivity contribution is 5.66. The van der Waals surface area contributed by atoms with Crippen LogP contribution in [0.15, 0.2) is 11.4 Å². The van der Waals surface area contributed by atoms with Crippen LogP contribution in [0.25, 0.3) is 6.08 Å². The Kier molecular flexibility index (Phi) is 3.06. The van der Waals surface area contributed by atoms with Gasteiger partial charge in [0.2, 0.25) is 0 Å². The SMILES string of the molecule is C=Cc1c(C)nn(C)c(=O)c1NCC. The summed E-state index contributed by atoms with van der Waals surface area (Å²) in [5, 5.41) is 7.11. The van der Waals surface area contributed by atoms with Crippen molar-refractivity contribution in [1.82, 2.24) is 9.78 Å². The first-order valence-electron chi connectivity index (χ1n) is 4.56. The van der Waals surface area contributed by atoms with E-state index in [-0.39, 0.29) is 5.56 Å². The zero-order chi connectivity index (χ0) is 10.7. The van der Waals surface area contributed by atoms with E-state index in [1.54, 1.807) is 13.1 Å². The predicted octanol–water partition coefficient (Wildman–Crippen LogP) is 1.16. The van der Waals surface area contributed by atoms with E-state index in [0.29, 0.717) is 12.2 Å². The Bertz CT molecular complexity index is 407. The molecule has 0 fully saturated rings. The minimum absolute atomic E-state index is 0.118. The van der Waals surface area contributed by atoms with E-state index in [1.807, 2.05) is 13.8 Å². The fourth-order valence-corrected chi connectivity index (χ4v) is 1.38. The third-order valence-corrected chi connectivity index (χ3v) is 2.02. The second kappa shape index (κ2) is 4.09. The molecule has 0 amide bonds. The van der Waals surface area contributed by atoms with Gasteiger partial charge in [0.25, 0.3) is 5.56 Å². The second-order valence-corrected chi connectivity index (χ2v) is 3.04. The van der Waals surface area contributed by atoms with Gasteiger partial charge in [0.05, 0.1) is 5.69 Å². The Hall–Kier alpha value is -1.58. The van der Waals surface area contributed by atoms with Crippen LogP contribution in [-0.2, 0) is 7.05 Å². The van der Waals surface area contributed by atoms with E-state index >= 15 is 0 Å². The summed E-state index contributed by atoms with van der Waals surface area (Å²) in [5.74, 6) is 0. The molecule has 4 heteroatoms. The Labute approximate surface area is 83.3 Å². The molecule has 0 saturated heterocycles. The van der Waals surface area contributed by atoms with Crippen LogP contribution < -0.4 is 10.9 Å². The van der Waals surface area contributed by atoms with Gasteiger partial charge in [-0.05, 0) is 13.8 Å². The van der Waals surface area contributed by atoms with E-state index in [9.17, 15) is 4.79 Å². The summed E-state index contributed by atoms with van der Waals surface area (Å²) in [7, 11) is 1.64. The fourth-order valence-electron chi connectivity index (χ4n) is 1.38. The van der Waals surface area contributed by atoms with Crippen LogP contribution in [0.5, 0.6) is 0 Å². The Balaban J connectivity index is 3.47. The van der Waals surface area contributed by atoms with Crippen molar-refractivity contribution in [1.29, 1.82) is 0 Å². The molecule has 76 valence electrons. The van der Waals surface area contributed by atoms with Gasteiger partial charge in [-0.1, -0.05) is 12.7 Å². The topological polar surface area (TPSA) is 46.9 Å². The molecule has 0 atom stereocenters. The number of rotatable bonds is 3. The lowest BCUT2D eigenvalue weighted by Crippen LogP contribution is -2.25. The van der Waals surface area contributed by atoms with Crippen LogP contribution in [0, 0.1) is 6.92 Å². The number of aryl methyl sites for hydroxylation is 2. The summed E-state index contributed by atoms with van der Waals surface area (Å²) in [4.78, 5) is 11.7. The molecule has 0 aromatic carbocycles. The van der Waals surface area contributed by atoms with Crippen molar-refractivity contribution in [2.75, 3.05) is 11.9 Å². The number of nitrogens with zero attached hydrogens (tertiary/aromatic N) is 2. The second-order valence-electron chi connectivity index (χ2n) is 3.04. The highest BCUT2D eigenvalue weighted by atomic mass is 16.1. The van der Waals surface area contributed by atoms with Gasteiger partial charge in [-0.2, -0.15) is 5.10 Å². The number of hydrogen-bond acceptors (Lipinski definition) is 3. The summed E-state index contributed by atoms with van der Waals surface area (Å²) in [5.41, 5.74) is 2.05. The average Bonchev–Trinajstić information content (AvgIpc) is 2.14. The minimum atomic E-state index is -0.118. The highest BCUT2D eigenvalue weighted by Gasteiger charge is 2.09. The summed E-state index contributed by atoms with van der Waals surface area (Å²) < 4.78 is 1.33. The van der Waals surface area contributed by atoms with E-state index in [1.165, 1.54) is 4.68 Å². The van der Waals surface area contributed by atoms with Gasteiger partial charge in [0, 0.05) is 19.2 Å². The van der Waals surface area contributed by atoms with Gasteiger partial charge >= 0.3 is 0 Å². The largest absolute Gasteiger partial charge is 0.380 e. The van der Waals surface area contributed by atoms with E-state index in [0.717, 1.165) is 11.3 Å². The van der Waals surface area contributed by atoms with Gasteiger partial charge in [0.1, 0.15) is 5.69 Å². The lowest BCUT2D eigenvalue weighted by atomic mass is 10.2. The first kappa shape index (κ1) is 10.5. The minimum Gasteiger partial charge on any atom is -0.380 e. The van der Waals surface area contributed by atoms with Crippen molar-refractivity contribution < 1.29 is 0 Å². The lowest BCUT2D eigenvalue weighted by Gasteiger charge is -2.10. The molecule has 1 aromatic rings. The van der Waals surface area contributed by atoms with Gasteiger partial charge in [0.15, 0.2) is 0 Å². The van der Waals surface area contributed by atoms with Gasteiger partial charge in [-0.15, -0.1) is 0 Å². The molecule has 14 heavy (non-hydrogen) atoms. The third-order valence-electron chi connectivity index (χ3n) is 2.02. The molecule has 0 unspecified atom stereocenters. The Morgan fingerprint density at radius 1 is 1.64 bits per heavy atom. The van der Waals surface area contributed by atoms with Crippen LogP contribution in [0.4, 0.5) is 5.69 Å². The van der Waals surface area contributed by atoms with Crippen molar-refractivity contribution in [2.24, 2.45) is 7.05 Å². The Morgan fingerprint density at radius 2 is 2.29 bits per heavy atom. The van der Waals surface area contributed by atoms with E-state index in [4.69, 9.17) is 0 Å². The van der Waals surface area contributed by atoms with Crippen molar-refractivity contribution in [2.45, 2.75) is 13.8 Å². The first-order valence-corrected chi connectivity index (χ1v) is 4.56. The van der Waals surface area contributed by atoms with Crippen molar-refractivity contribution in [3.05, 3.63) is 28.2 Å². The van der Waals surface area contributed by atoms with E-state index in [2.05, 4.69) is 17.0 Å². The number of anilines is 1. The summed E-state index contributed by atoms with van der Waals surface area (Å²) in [6.07, 6.45) is 1.65. The molecule has 1 N–H and O–H groups in total. The molecule has 0 spiro atoms. The van der Waals surface area contributed by atoms with Crippen LogP contribution in [0.2, 0.25) is 0 Å². The van der Waals surface area contributed by atoms with Crippen LogP contribution in [0.3, 0.4) is 0 Å².